The van der Waals surface area contributed by atoms with Gasteiger partial charge in [0.15, 0.2) is 0 Å². The van der Waals surface area contributed by atoms with Crippen LogP contribution in [0.3, 0.4) is 0 Å². The largest absolute Gasteiger partial charge is 0.320 e. The fourth-order valence-corrected chi connectivity index (χ4v) is 0.555. The first kappa shape index (κ1) is 14.7. The van der Waals surface area contributed by atoms with E-state index in [0.717, 1.165) is 0 Å². The van der Waals surface area contributed by atoms with Gasteiger partial charge in [0.1, 0.15) is 0 Å². The van der Waals surface area contributed by atoms with Crippen molar-refractivity contribution in [2.24, 2.45) is 5.73 Å². The summed E-state index contributed by atoms with van der Waals surface area (Å²) in [5, 5.41) is 0. The van der Waals surface area contributed by atoms with Crippen molar-refractivity contribution in [3.63, 3.8) is 0 Å². The quantitative estimate of drug-likeness (QED) is 0.617. The molecule has 0 saturated carbocycles. The Labute approximate surface area is 86.9 Å². The second kappa shape index (κ2) is 13.7. The molecule has 0 atom stereocenters. The molecule has 0 rings (SSSR count). The van der Waals surface area contributed by atoms with E-state index in [1.165, 1.54) is 0 Å². The Morgan fingerprint density at radius 3 is 1.21 bits per heavy atom. The van der Waals surface area contributed by atoms with Gasteiger partial charge in [-0.1, -0.05) is 23.7 Å². The lowest BCUT2D eigenvalue weighted by molar-refractivity contribution is 0.390. The number of hydrogen-bond donors (Lipinski definition) is 1. The van der Waals surface area contributed by atoms with Crippen LogP contribution < -0.4 is 5.73 Å². The summed E-state index contributed by atoms with van der Waals surface area (Å²) in [6, 6.07) is 0. The van der Waals surface area contributed by atoms with Crippen LogP contribution >= 0.6 is 0 Å². The van der Waals surface area contributed by atoms with E-state index in [0.29, 0.717) is 26.2 Å². The van der Waals surface area contributed by atoms with E-state index < -0.39 is 0 Å². The van der Waals surface area contributed by atoms with Crippen molar-refractivity contribution in [1.82, 2.24) is 4.90 Å². The molecule has 2 nitrogen and oxygen atoms in total. The summed E-state index contributed by atoms with van der Waals surface area (Å²) in [6.45, 7) is 1.91. The number of hydrogen-bond acceptors (Lipinski definition) is 2. The van der Waals surface area contributed by atoms with Gasteiger partial charge in [-0.15, -0.1) is 25.7 Å². The SMILES string of the molecule is C#CCN.C#CCN(CC#C)CC#C. The summed E-state index contributed by atoms with van der Waals surface area (Å²) in [6.07, 6.45) is 19.8. The number of terminal acetylenes is 4. The second-order valence-corrected chi connectivity index (χ2v) is 2.17. The van der Waals surface area contributed by atoms with E-state index in [-0.39, 0.29) is 0 Å². The molecule has 0 unspecified atom stereocenters. The van der Waals surface area contributed by atoms with Crippen LogP contribution in [0.15, 0.2) is 0 Å². The highest BCUT2D eigenvalue weighted by atomic mass is 15.1. The van der Waals surface area contributed by atoms with E-state index in [1.54, 1.807) is 0 Å². The number of rotatable bonds is 3. The van der Waals surface area contributed by atoms with Crippen LogP contribution in [-0.4, -0.2) is 31.1 Å². The van der Waals surface area contributed by atoms with Gasteiger partial charge in [0, 0.05) is 0 Å². The van der Waals surface area contributed by atoms with Crippen molar-refractivity contribution in [1.29, 1.82) is 0 Å². The van der Waals surface area contributed by atoms with E-state index >= 15 is 0 Å². The molecule has 72 valence electrons. The first-order valence-corrected chi connectivity index (χ1v) is 3.93. The van der Waals surface area contributed by atoms with Gasteiger partial charge in [-0.2, -0.15) is 0 Å². The fraction of sp³-hybridized carbons (Fsp3) is 0.333. The molecule has 0 heterocycles. The van der Waals surface area contributed by atoms with Crippen molar-refractivity contribution in [2.75, 3.05) is 26.2 Å². The van der Waals surface area contributed by atoms with E-state index in [1.807, 2.05) is 4.90 Å². The van der Waals surface area contributed by atoms with Gasteiger partial charge in [0.05, 0.1) is 26.2 Å². The van der Waals surface area contributed by atoms with E-state index in [4.69, 9.17) is 25.0 Å². The molecule has 0 amide bonds. The number of nitrogens with two attached hydrogens (primary N) is 1. The third-order valence-electron chi connectivity index (χ3n) is 1.06. The van der Waals surface area contributed by atoms with Gasteiger partial charge in [0.25, 0.3) is 0 Å². The summed E-state index contributed by atoms with van der Waals surface area (Å²) < 4.78 is 0. The van der Waals surface area contributed by atoms with Gasteiger partial charge >= 0.3 is 0 Å². The monoisotopic (exact) mass is 186 g/mol. The fourth-order valence-electron chi connectivity index (χ4n) is 0.555. The molecule has 0 aliphatic carbocycles. The summed E-state index contributed by atoms with van der Waals surface area (Å²) >= 11 is 0. The summed E-state index contributed by atoms with van der Waals surface area (Å²) in [5.41, 5.74) is 4.79. The predicted molar refractivity (Wildman–Crippen MR) is 60.8 cm³/mol. The maximum absolute atomic E-state index is 5.06. The molecule has 0 aromatic heterocycles. The Balaban J connectivity index is 0. The van der Waals surface area contributed by atoms with Gasteiger partial charge in [0.2, 0.25) is 0 Å². The topological polar surface area (TPSA) is 29.3 Å². The molecule has 2 heteroatoms. The van der Waals surface area contributed by atoms with Crippen molar-refractivity contribution >= 4 is 0 Å². The van der Waals surface area contributed by atoms with E-state index in [9.17, 15) is 0 Å². The Bertz CT molecular complexity index is 239. The van der Waals surface area contributed by atoms with Gasteiger partial charge in [-0.05, 0) is 0 Å². The zero-order chi connectivity index (χ0) is 11.2. The molecular formula is C12H14N2. The molecule has 0 fully saturated rings. The summed E-state index contributed by atoms with van der Waals surface area (Å²) in [4.78, 5) is 1.83. The van der Waals surface area contributed by atoms with Crippen LogP contribution in [0.25, 0.3) is 0 Å². The average Bonchev–Trinajstić information content (AvgIpc) is 2.20. The normalized spacial score (nSPS) is 7.00. The smallest absolute Gasteiger partial charge is 0.0616 e. The summed E-state index contributed by atoms with van der Waals surface area (Å²) in [5.74, 6) is 9.62. The van der Waals surface area contributed by atoms with Gasteiger partial charge < -0.3 is 5.73 Å². The zero-order valence-electron chi connectivity index (χ0n) is 8.16. The minimum absolute atomic E-state index is 0.347. The van der Waals surface area contributed by atoms with Crippen LogP contribution in [0.4, 0.5) is 0 Å². The second-order valence-electron chi connectivity index (χ2n) is 2.17. The van der Waals surface area contributed by atoms with Crippen LogP contribution in [0.1, 0.15) is 0 Å². The Hall–Kier alpha value is -1.84. The third kappa shape index (κ3) is 12.8. The first-order valence-electron chi connectivity index (χ1n) is 3.93. The van der Waals surface area contributed by atoms with Crippen LogP contribution in [0.5, 0.6) is 0 Å². The average molecular weight is 186 g/mol. The lowest BCUT2D eigenvalue weighted by Crippen LogP contribution is -2.24. The lowest BCUT2D eigenvalue weighted by Gasteiger charge is -2.11. The molecule has 0 spiro atoms. The zero-order valence-corrected chi connectivity index (χ0v) is 8.16. The molecule has 14 heavy (non-hydrogen) atoms. The maximum atomic E-state index is 5.06. The van der Waals surface area contributed by atoms with Gasteiger partial charge in [-0.3, -0.25) is 4.90 Å². The van der Waals surface area contributed by atoms with Crippen LogP contribution in [0.2, 0.25) is 0 Å². The standard InChI is InChI=1S/C9H9N.C3H5N/c1-4-7-10(8-5-2)9-6-3;1-2-3-4/h1-3H,7-9H2;1H,3-4H2. The Morgan fingerprint density at radius 1 is 0.786 bits per heavy atom. The molecule has 0 radical (unpaired) electrons. The lowest BCUT2D eigenvalue weighted by atomic mass is 10.4. The molecule has 0 aromatic rings. The van der Waals surface area contributed by atoms with Crippen molar-refractivity contribution in [3.05, 3.63) is 0 Å². The third-order valence-corrected chi connectivity index (χ3v) is 1.06. The first-order chi connectivity index (χ1) is 6.76. The minimum atomic E-state index is 0.347. The predicted octanol–water partition coefficient (Wildman–Crippen LogP) is -0.234. The van der Waals surface area contributed by atoms with Crippen LogP contribution in [0, 0.1) is 49.4 Å². The van der Waals surface area contributed by atoms with Crippen molar-refractivity contribution in [3.8, 4) is 49.4 Å². The number of nitrogens with zero attached hydrogens (tertiary/aromatic N) is 1. The van der Waals surface area contributed by atoms with E-state index in [2.05, 4.69) is 30.1 Å². The molecule has 0 aliphatic rings. The Kier molecular flexibility index (Phi) is 14.4. The molecule has 2 N–H and O–H groups in total. The van der Waals surface area contributed by atoms with Crippen LogP contribution in [-0.2, 0) is 0 Å². The molecule has 0 saturated heterocycles. The van der Waals surface area contributed by atoms with Gasteiger partial charge in [-0.25, -0.2) is 0 Å². The highest BCUT2D eigenvalue weighted by Crippen LogP contribution is 1.82. The maximum Gasteiger partial charge on any atom is 0.0616 e. The molecular weight excluding hydrogens is 172 g/mol. The highest BCUT2D eigenvalue weighted by Gasteiger charge is 1.95. The molecule has 0 aliphatic heterocycles. The van der Waals surface area contributed by atoms with Crippen molar-refractivity contribution in [2.45, 2.75) is 0 Å². The van der Waals surface area contributed by atoms with Crippen molar-refractivity contribution < 1.29 is 0 Å². The summed E-state index contributed by atoms with van der Waals surface area (Å²) in [7, 11) is 0. The Morgan fingerprint density at radius 2 is 1.07 bits per heavy atom. The molecule has 0 aromatic carbocycles. The molecule has 0 bridgehead atoms. The highest BCUT2D eigenvalue weighted by molar-refractivity contribution is 4.99. The minimum Gasteiger partial charge on any atom is -0.320 e.